The van der Waals surface area contributed by atoms with Gasteiger partial charge in [0.05, 0.1) is 22.2 Å². The number of aromatic nitrogens is 3. The lowest BCUT2D eigenvalue weighted by molar-refractivity contribution is 0.0992. The molecule has 0 spiro atoms. The summed E-state index contributed by atoms with van der Waals surface area (Å²) in [7, 11) is 0. The SMILES string of the molecule is O=C(Cc1nc2ccccc2s1)c1cncnc1. The molecule has 0 amide bonds. The van der Waals surface area contributed by atoms with Crippen LogP contribution in [0.3, 0.4) is 0 Å². The highest BCUT2D eigenvalue weighted by Gasteiger charge is 2.11. The fourth-order valence-corrected chi connectivity index (χ4v) is 2.64. The highest BCUT2D eigenvalue weighted by molar-refractivity contribution is 7.18. The standard InChI is InChI=1S/C13H9N3OS/c17-11(9-6-14-8-15-7-9)5-13-16-10-3-1-2-4-12(10)18-13/h1-4,6-8H,5H2. The fourth-order valence-electron chi connectivity index (χ4n) is 1.68. The van der Waals surface area contributed by atoms with Gasteiger partial charge in [-0.05, 0) is 12.1 Å². The molecule has 0 atom stereocenters. The average molecular weight is 255 g/mol. The first kappa shape index (κ1) is 11.0. The average Bonchev–Trinajstić information content (AvgIpc) is 2.82. The van der Waals surface area contributed by atoms with Gasteiger partial charge in [0.15, 0.2) is 5.78 Å². The molecule has 0 aliphatic carbocycles. The zero-order valence-electron chi connectivity index (χ0n) is 9.41. The molecular weight excluding hydrogens is 246 g/mol. The molecular formula is C13H9N3OS. The molecule has 2 heterocycles. The summed E-state index contributed by atoms with van der Waals surface area (Å²) in [6, 6.07) is 7.87. The smallest absolute Gasteiger partial charge is 0.172 e. The topological polar surface area (TPSA) is 55.7 Å². The minimum absolute atomic E-state index is 0.00495. The Bertz CT molecular complexity index is 661. The van der Waals surface area contributed by atoms with E-state index in [2.05, 4.69) is 15.0 Å². The second-order valence-electron chi connectivity index (χ2n) is 3.80. The third kappa shape index (κ3) is 2.12. The highest BCUT2D eigenvalue weighted by atomic mass is 32.1. The second kappa shape index (κ2) is 4.62. The monoisotopic (exact) mass is 255 g/mol. The quantitative estimate of drug-likeness (QED) is 0.675. The Balaban J connectivity index is 1.86. The first-order valence-corrected chi connectivity index (χ1v) is 6.27. The zero-order chi connectivity index (χ0) is 12.4. The number of hydrogen-bond acceptors (Lipinski definition) is 5. The number of benzene rings is 1. The molecule has 0 N–H and O–H groups in total. The molecule has 0 radical (unpaired) electrons. The van der Waals surface area contributed by atoms with E-state index >= 15 is 0 Å². The van der Waals surface area contributed by atoms with Crippen molar-refractivity contribution in [2.24, 2.45) is 0 Å². The van der Waals surface area contributed by atoms with Crippen LogP contribution >= 0.6 is 11.3 Å². The predicted octanol–water partition coefficient (Wildman–Crippen LogP) is 2.51. The Morgan fingerprint density at radius 1 is 1.17 bits per heavy atom. The Kier molecular flexibility index (Phi) is 2.82. The van der Waals surface area contributed by atoms with Crippen molar-refractivity contribution in [1.29, 1.82) is 0 Å². The van der Waals surface area contributed by atoms with Crippen LogP contribution < -0.4 is 0 Å². The van der Waals surface area contributed by atoms with Crippen molar-refractivity contribution in [3.05, 3.63) is 53.6 Å². The molecule has 3 aromatic rings. The van der Waals surface area contributed by atoms with Crippen LogP contribution in [0.15, 0.2) is 43.0 Å². The van der Waals surface area contributed by atoms with Gasteiger partial charge in [-0.1, -0.05) is 12.1 Å². The van der Waals surface area contributed by atoms with Crippen molar-refractivity contribution >= 4 is 27.3 Å². The maximum absolute atomic E-state index is 12.0. The van der Waals surface area contributed by atoms with E-state index in [0.29, 0.717) is 12.0 Å². The lowest BCUT2D eigenvalue weighted by Gasteiger charge is -1.95. The number of hydrogen-bond donors (Lipinski definition) is 0. The molecule has 1 aromatic carbocycles. The van der Waals surface area contributed by atoms with E-state index in [-0.39, 0.29) is 5.78 Å². The van der Waals surface area contributed by atoms with Crippen LogP contribution in [-0.2, 0) is 6.42 Å². The van der Waals surface area contributed by atoms with Crippen LogP contribution in [0.4, 0.5) is 0 Å². The van der Waals surface area contributed by atoms with Gasteiger partial charge in [-0.15, -0.1) is 11.3 Å². The van der Waals surface area contributed by atoms with Crippen molar-refractivity contribution in [1.82, 2.24) is 15.0 Å². The zero-order valence-corrected chi connectivity index (χ0v) is 10.2. The van der Waals surface area contributed by atoms with E-state index in [9.17, 15) is 4.79 Å². The van der Waals surface area contributed by atoms with Gasteiger partial charge in [0.1, 0.15) is 11.3 Å². The number of Topliss-reactive ketones (excluding diaryl/α,β-unsaturated/α-hetero) is 1. The summed E-state index contributed by atoms with van der Waals surface area (Å²) in [5.74, 6) is -0.00495. The molecule has 0 aliphatic heterocycles. The van der Waals surface area contributed by atoms with Crippen molar-refractivity contribution < 1.29 is 4.79 Å². The number of thiazole rings is 1. The lowest BCUT2D eigenvalue weighted by atomic mass is 10.2. The Morgan fingerprint density at radius 3 is 2.72 bits per heavy atom. The van der Waals surface area contributed by atoms with Crippen LogP contribution in [0.2, 0.25) is 0 Å². The van der Waals surface area contributed by atoms with Gasteiger partial charge in [-0.3, -0.25) is 4.79 Å². The van der Waals surface area contributed by atoms with E-state index in [0.717, 1.165) is 15.2 Å². The second-order valence-corrected chi connectivity index (χ2v) is 4.92. The van der Waals surface area contributed by atoms with E-state index < -0.39 is 0 Å². The molecule has 3 rings (SSSR count). The van der Waals surface area contributed by atoms with Crippen molar-refractivity contribution in [2.75, 3.05) is 0 Å². The number of carbonyl (C=O) groups excluding carboxylic acids is 1. The maximum Gasteiger partial charge on any atom is 0.172 e. The van der Waals surface area contributed by atoms with Crippen LogP contribution in [0.1, 0.15) is 15.4 Å². The number of ketones is 1. The summed E-state index contributed by atoms with van der Waals surface area (Å²) in [4.78, 5) is 24.1. The minimum Gasteiger partial charge on any atom is -0.294 e. The number of rotatable bonds is 3. The highest BCUT2D eigenvalue weighted by Crippen LogP contribution is 2.22. The summed E-state index contributed by atoms with van der Waals surface area (Å²) in [6.07, 6.45) is 4.77. The van der Waals surface area contributed by atoms with Gasteiger partial charge in [-0.25, -0.2) is 15.0 Å². The van der Waals surface area contributed by atoms with Gasteiger partial charge >= 0.3 is 0 Å². The lowest BCUT2D eigenvalue weighted by Crippen LogP contribution is -2.04. The van der Waals surface area contributed by atoms with Crippen LogP contribution in [0.25, 0.3) is 10.2 Å². The molecule has 88 valence electrons. The minimum atomic E-state index is -0.00495. The molecule has 0 aliphatic rings. The molecule has 18 heavy (non-hydrogen) atoms. The normalized spacial score (nSPS) is 10.7. The van der Waals surface area contributed by atoms with Gasteiger partial charge in [0.2, 0.25) is 0 Å². The number of nitrogens with zero attached hydrogens (tertiary/aromatic N) is 3. The van der Waals surface area contributed by atoms with Gasteiger partial charge < -0.3 is 0 Å². The largest absolute Gasteiger partial charge is 0.294 e. The van der Waals surface area contributed by atoms with E-state index in [1.165, 1.54) is 18.7 Å². The van der Waals surface area contributed by atoms with Crippen molar-refractivity contribution in [2.45, 2.75) is 6.42 Å². The van der Waals surface area contributed by atoms with Gasteiger partial charge in [0, 0.05) is 12.4 Å². The molecule has 0 fully saturated rings. The molecule has 5 heteroatoms. The Hall–Kier alpha value is -2.14. The molecule has 0 unspecified atom stereocenters. The third-order valence-corrected chi connectivity index (χ3v) is 3.57. The predicted molar refractivity (Wildman–Crippen MR) is 69.7 cm³/mol. The Morgan fingerprint density at radius 2 is 1.94 bits per heavy atom. The summed E-state index contributed by atoms with van der Waals surface area (Å²) < 4.78 is 1.10. The Labute approximate surface area is 107 Å². The van der Waals surface area contributed by atoms with Crippen LogP contribution in [0.5, 0.6) is 0 Å². The number of fused-ring (bicyclic) bond motifs is 1. The molecule has 0 bridgehead atoms. The number of para-hydroxylation sites is 1. The first-order chi connectivity index (χ1) is 8.83. The van der Waals surface area contributed by atoms with Crippen LogP contribution in [-0.4, -0.2) is 20.7 Å². The summed E-state index contributed by atoms with van der Waals surface area (Å²) in [5.41, 5.74) is 1.46. The fraction of sp³-hybridized carbons (Fsp3) is 0.0769. The van der Waals surface area contributed by atoms with E-state index in [1.807, 2.05) is 24.3 Å². The molecule has 4 nitrogen and oxygen atoms in total. The van der Waals surface area contributed by atoms with E-state index in [1.54, 1.807) is 11.3 Å². The molecule has 2 aromatic heterocycles. The molecule has 0 saturated heterocycles. The van der Waals surface area contributed by atoms with Crippen molar-refractivity contribution in [3.63, 3.8) is 0 Å². The van der Waals surface area contributed by atoms with Gasteiger partial charge in [0.25, 0.3) is 0 Å². The third-order valence-electron chi connectivity index (χ3n) is 2.53. The molecule has 0 saturated carbocycles. The van der Waals surface area contributed by atoms with Crippen LogP contribution in [0, 0.1) is 0 Å². The summed E-state index contributed by atoms with van der Waals surface area (Å²) in [6.45, 7) is 0. The summed E-state index contributed by atoms with van der Waals surface area (Å²) >= 11 is 1.55. The maximum atomic E-state index is 12.0. The van der Waals surface area contributed by atoms with Crippen molar-refractivity contribution in [3.8, 4) is 0 Å². The van der Waals surface area contributed by atoms with Gasteiger partial charge in [-0.2, -0.15) is 0 Å². The first-order valence-electron chi connectivity index (χ1n) is 5.45. The summed E-state index contributed by atoms with van der Waals surface area (Å²) in [5, 5.41) is 0.824. The number of carbonyl (C=O) groups is 1. The van der Waals surface area contributed by atoms with E-state index in [4.69, 9.17) is 0 Å².